The number of ether oxygens (including phenoxy) is 2. The van der Waals surface area contributed by atoms with Crippen LogP contribution in [0.5, 0.6) is 0 Å². The number of hydrazine groups is 1. The van der Waals surface area contributed by atoms with E-state index in [2.05, 4.69) is 92.3 Å². The summed E-state index contributed by atoms with van der Waals surface area (Å²) in [5.41, 5.74) is 5.13. The lowest BCUT2D eigenvalue weighted by Gasteiger charge is -2.44. The maximum Gasteiger partial charge on any atom is 0.422 e. The highest BCUT2D eigenvalue weighted by Gasteiger charge is 2.50. The van der Waals surface area contributed by atoms with Crippen LogP contribution in [0.4, 0.5) is 4.79 Å². The van der Waals surface area contributed by atoms with Gasteiger partial charge in [-0.25, -0.2) is 10.2 Å². The van der Waals surface area contributed by atoms with Gasteiger partial charge in [0.2, 0.25) is 0 Å². The fraction of sp³-hybridized carbons (Fsp3) is 0.519. The van der Waals surface area contributed by atoms with Crippen molar-refractivity contribution in [2.75, 3.05) is 13.2 Å². The first-order valence-electron chi connectivity index (χ1n) is 12.1. The Hall–Kier alpha value is -2.19. The number of rotatable bonds is 7. The summed E-state index contributed by atoms with van der Waals surface area (Å²) in [6, 6.07) is 21.3. The minimum Gasteiger partial charge on any atom is -0.443 e. The van der Waals surface area contributed by atoms with Crippen LogP contribution < -0.4 is 21.2 Å². The summed E-state index contributed by atoms with van der Waals surface area (Å²) in [5.74, 6) is 0. The zero-order valence-electron chi connectivity index (χ0n) is 21.4. The smallest absolute Gasteiger partial charge is 0.422 e. The average molecular weight is 485 g/mol. The molecule has 7 heteroatoms. The second-order valence-electron chi connectivity index (χ2n) is 11.0. The first-order chi connectivity index (χ1) is 16.0. The molecule has 186 valence electrons. The summed E-state index contributed by atoms with van der Waals surface area (Å²) >= 11 is 0. The molecule has 0 spiro atoms. The van der Waals surface area contributed by atoms with Crippen molar-refractivity contribution in [1.82, 2.24) is 10.9 Å². The van der Waals surface area contributed by atoms with Crippen LogP contribution in [0.15, 0.2) is 60.7 Å². The lowest BCUT2D eigenvalue weighted by atomic mass is 10.1. The molecule has 0 unspecified atom stereocenters. The fourth-order valence-electron chi connectivity index (χ4n) is 4.50. The first kappa shape index (κ1) is 26.4. The van der Waals surface area contributed by atoms with Crippen molar-refractivity contribution in [3.63, 3.8) is 0 Å². The van der Waals surface area contributed by atoms with Crippen LogP contribution in [-0.4, -0.2) is 45.4 Å². The number of nitrogens with one attached hydrogen (secondary N) is 2. The van der Waals surface area contributed by atoms with Crippen molar-refractivity contribution in [2.24, 2.45) is 0 Å². The number of carbonyl (C=O) groups is 1. The molecule has 1 fully saturated rings. The summed E-state index contributed by atoms with van der Waals surface area (Å²) < 4.78 is 18.4. The molecule has 1 aliphatic heterocycles. The molecule has 0 aliphatic carbocycles. The quantitative estimate of drug-likeness (QED) is 0.457. The lowest BCUT2D eigenvalue weighted by molar-refractivity contribution is -0.0311. The van der Waals surface area contributed by atoms with Gasteiger partial charge < -0.3 is 13.9 Å². The van der Waals surface area contributed by atoms with Gasteiger partial charge in [0, 0.05) is 6.04 Å². The van der Waals surface area contributed by atoms with Gasteiger partial charge in [-0.05, 0) is 49.0 Å². The van der Waals surface area contributed by atoms with Crippen molar-refractivity contribution >= 4 is 24.8 Å². The highest BCUT2D eigenvalue weighted by atomic mass is 28.4. The van der Waals surface area contributed by atoms with E-state index in [1.807, 2.05) is 20.8 Å². The molecule has 3 rings (SSSR count). The van der Waals surface area contributed by atoms with Gasteiger partial charge in [0.15, 0.2) is 0 Å². The molecule has 1 amide bonds. The standard InChI is InChI=1S/C27H40N2O4Si/c1-26(2,3)33-25(30)29-28-21-17-18-22(31-19-21)20-32-34(27(4,5)6,23-13-9-7-10-14-23)24-15-11-8-12-16-24/h7-16,21-22,28H,17-20H2,1-6H3,(H,29,30)/t21-,22+/m1/s1. The largest absolute Gasteiger partial charge is 0.443 e. The predicted molar refractivity (Wildman–Crippen MR) is 139 cm³/mol. The monoisotopic (exact) mass is 484 g/mol. The molecule has 0 bridgehead atoms. The summed E-state index contributed by atoms with van der Waals surface area (Å²) in [6.45, 7) is 13.4. The van der Waals surface area contributed by atoms with E-state index >= 15 is 0 Å². The molecular formula is C27H40N2O4Si. The van der Waals surface area contributed by atoms with E-state index in [-0.39, 0.29) is 17.2 Å². The Morgan fingerprint density at radius 1 is 0.941 bits per heavy atom. The number of amides is 1. The molecule has 1 saturated heterocycles. The summed E-state index contributed by atoms with van der Waals surface area (Å²) in [6.07, 6.45) is 1.27. The van der Waals surface area contributed by atoms with Crippen LogP contribution >= 0.6 is 0 Å². The summed E-state index contributed by atoms with van der Waals surface area (Å²) in [4.78, 5) is 11.9. The van der Waals surface area contributed by atoms with E-state index in [9.17, 15) is 4.79 Å². The van der Waals surface area contributed by atoms with Crippen LogP contribution in [0.1, 0.15) is 54.4 Å². The third-order valence-electron chi connectivity index (χ3n) is 6.05. The van der Waals surface area contributed by atoms with Gasteiger partial charge in [-0.1, -0.05) is 81.4 Å². The first-order valence-corrected chi connectivity index (χ1v) is 14.0. The Morgan fingerprint density at radius 2 is 1.50 bits per heavy atom. The zero-order chi connectivity index (χ0) is 24.8. The number of hydrogen-bond acceptors (Lipinski definition) is 5. The number of benzene rings is 2. The lowest BCUT2D eigenvalue weighted by Crippen LogP contribution is -2.67. The van der Waals surface area contributed by atoms with Gasteiger partial charge in [0.05, 0.1) is 19.3 Å². The van der Waals surface area contributed by atoms with Crippen LogP contribution in [0.3, 0.4) is 0 Å². The minimum atomic E-state index is -2.57. The third-order valence-corrected chi connectivity index (χ3v) is 11.1. The molecular weight excluding hydrogens is 444 g/mol. The van der Waals surface area contributed by atoms with Gasteiger partial charge in [-0.15, -0.1) is 0 Å². The Kier molecular flexibility index (Phi) is 8.57. The molecule has 6 nitrogen and oxygen atoms in total. The second kappa shape index (κ2) is 11.0. The molecule has 1 aliphatic rings. The van der Waals surface area contributed by atoms with Crippen molar-refractivity contribution in [1.29, 1.82) is 0 Å². The van der Waals surface area contributed by atoms with E-state index in [1.165, 1.54) is 10.4 Å². The molecule has 34 heavy (non-hydrogen) atoms. The molecule has 0 aromatic heterocycles. The van der Waals surface area contributed by atoms with Gasteiger partial charge in [0.25, 0.3) is 8.32 Å². The van der Waals surface area contributed by atoms with Crippen LogP contribution in [0.25, 0.3) is 0 Å². The topological polar surface area (TPSA) is 68.8 Å². The molecule has 0 radical (unpaired) electrons. The van der Waals surface area contributed by atoms with Crippen molar-refractivity contribution < 1.29 is 18.7 Å². The van der Waals surface area contributed by atoms with E-state index in [0.29, 0.717) is 13.2 Å². The molecule has 1 heterocycles. The summed E-state index contributed by atoms with van der Waals surface area (Å²) in [7, 11) is -2.57. The van der Waals surface area contributed by atoms with Crippen LogP contribution in [0, 0.1) is 0 Å². The Morgan fingerprint density at radius 3 is 1.94 bits per heavy atom. The Balaban J connectivity index is 1.66. The highest BCUT2D eigenvalue weighted by molar-refractivity contribution is 6.99. The Bertz CT molecular complexity index is 862. The van der Waals surface area contributed by atoms with E-state index in [0.717, 1.165) is 12.8 Å². The molecule has 2 aromatic carbocycles. The predicted octanol–water partition coefficient (Wildman–Crippen LogP) is 4.14. The number of carbonyl (C=O) groups excluding carboxylic acids is 1. The maximum atomic E-state index is 11.9. The van der Waals surface area contributed by atoms with Crippen molar-refractivity contribution in [3.05, 3.63) is 60.7 Å². The van der Waals surface area contributed by atoms with E-state index in [1.54, 1.807) is 0 Å². The van der Waals surface area contributed by atoms with Gasteiger partial charge >= 0.3 is 6.09 Å². The second-order valence-corrected chi connectivity index (χ2v) is 15.3. The van der Waals surface area contributed by atoms with E-state index in [4.69, 9.17) is 13.9 Å². The zero-order valence-corrected chi connectivity index (χ0v) is 22.4. The fourth-order valence-corrected chi connectivity index (χ4v) is 9.09. The molecule has 2 N–H and O–H groups in total. The minimum absolute atomic E-state index is 0.0150. The van der Waals surface area contributed by atoms with Crippen LogP contribution in [-0.2, 0) is 13.9 Å². The van der Waals surface area contributed by atoms with Gasteiger partial charge in [0.1, 0.15) is 5.60 Å². The van der Waals surface area contributed by atoms with Crippen LogP contribution in [0.2, 0.25) is 5.04 Å². The Labute approximate surface area is 205 Å². The molecule has 2 atom stereocenters. The number of hydrogen-bond donors (Lipinski definition) is 2. The third kappa shape index (κ3) is 6.69. The normalized spacial score (nSPS) is 19.5. The SMILES string of the molecule is CC(C)(C)OC(=O)NN[C@@H]1CC[C@@H](CO[Si](c2ccccc2)(c2ccccc2)C(C)(C)C)OC1. The van der Waals surface area contributed by atoms with Crippen molar-refractivity contribution in [3.8, 4) is 0 Å². The van der Waals surface area contributed by atoms with Gasteiger partial charge in [-0.3, -0.25) is 5.43 Å². The maximum absolute atomic E-state index is 11.9. The van der Waals surface area contributed by atoms with Gasteiger partial charge in [-0.2, -0.15) is 0 Å². The molecule has 2 aromatic rings. The highest BCUT2D eigenvalue weighted by Crippen LogP contribution is 2.37. The molecule has 0 saturated carbocycles. The average Bonchev–Trinajstić information content (AvgIpc) is 2.78. The van der Waals surface area contributed by atoms with Crippen molar-refractivity contribution in [2.45, 2.75) is 77.2 Å². The summed E-state index contributed by atoms with van der Waals surface area (Å²) in [5, 5.41) is 2.47. The van der Waals surface area contributed by atoms with E-state index < -0.39 is 20.0 Å².